The molecule has 0 radical (unpaired) electrons. The molecule has 4 aromatic rings. The van der Waals surface area contributed by atoms with E-state index in [0.717, 1.165) is 28.3 Å². The van der Waals surface area contributed by atoms with Crippen LogP contribution in [0.2, 0.25) is 0 Å². The second-order valence-corrected chi connectivity index (χ2v) is 5.73. The molecule has 6 heteroatoms. The van der Waals surface area contributed by atoms with E-state index in [-0.39, 0.29) is 0 Å². The highest BCUT2D eigenvalue weighted by molar-refractivity contribution is 5.85. The molecule has 0 fully saturated rings. The van der Waals surface area contributed by atoms with Gasteiger partial charge < -0.3 is 10.1 Å². The lowest BCUT2D eigenvalue weighted by molar-refractivity contribution is 0.477. The number of aromatic nitrogens is 4. The molecule has 0 aliphatic carbocycles. The molecule has 2 N–H and O–H groups in total. The van der Waals surface area contributed by atoms with Crippen LogP contribution < -0.4 is 10.1 Å². The average Bonchev–Trinajstić information content (AvgIpc) is 3.12. The van der Waals surface area contributed by atoms with E-state index in [1.165, 1.54) is 11.9 Å². The number of hydrogen-bond acceptors (Lipinski definition) is 5. The summed E-state index contributed by atoms with van der Waals surface area (Å²) in [6.07, 6.45) is 3.23. The zero-order chi connectivity index (χ0) is 17.1. The Bertz CT molecular complexity index is 994. The lowest BCUT2D eigenvalue weighted by Gasteiger charge is -2.12. The molecule has 124 valence electrons. The minimum atomic E-state index is 0.583. The largest absolute Gasteiger partial charge is 0.457 e. The number of nitrogens with zero attached hydrogens (tertiary/aromatic N) is 3. The van der Waals surface area contributed by atoms with Crippen LogP contribution in [0, 0.1) is 6.92 Å². The Hall–Kier alpha value is -3.41. The van der Waals surface area contributed by atoms with E-state index in [2.05, 4.69) is 32.4 Å². The predicted octanol–water partition coefficient (Wildman–Crippen LogP) is 4.07. The fraction of sp³-hybridized carbons (Fsp3) is 0.105. The molecule has 0 amide bonds. The highest BCUT2D eigenvalue weighted by Gasteiger charge is 2.08. The number of aryl methyl sites for hydroxylation is 1. The molecule has 0 saturated heterocycles. The molecule has 0 aliphatic rings. The van der Waals surface area contributed by atoms with Gasteiger partial charge in [0.25, 0.3) is 0 Å². The first-order chi connectivity index (χ1) is 12.3. The first-order valence-corrected chi connectivity index (χ1v) is 8.00. The fourth-order valence-corrected chi connectivity index (χ4v) is 2.57. The Morgan fingerprint density at radius 2 is 1.88 bits per heavy atom. The van der Waals surface area contributed by atoms with Crippen molar-refractivity contribution in [2.75, 3.05) is 5.32 Å². The standard InChI is InChI=1S/C19H17N5O/c1-13-6-8-15(9-7-13)25-17-5-3-2-4-14(17)10-20-18-16-11-23-24-19(16)22-12-21-18/h2-9,11-12H,10H2,1H3,(H2,20,21,22,23,24). The molecular weight excluding hydrogens is 314 g/mol. The van der Waals surface area contributed by atoms with Crippen LogP contribution in [0.15, 0.2) is 61.1 Å². The van der Waals surface area contributed by atoms with Crippen molar-refractivity contribution in [3.63, 3.8) is 0 Å². The summed E-state index contributed by atoms with van der Waals surface area (Å²) in [6, 6.07) is 16.0. The number of benzene rings is 2. The molecule has 0 bridgehead atoms. The number of para-hydroxylation sites is 1. The predicted molar refractivity (Wildman–Crippen MR) is 96.7 cm³/mol. The van der Waals surface area contributed by atoms with Gasteiger partial charge in [-0.05, 0) is 25.1 Å². The molecule has 0 unspecified atom stereocenters. The molecule has 0 aliphatic heterocycles. The van der Waals surface area contributed by atoms with Gasteiger partial charge in [-0.2, -0.15) is 5.10 Å². The lowest BCUT2D eigenvalue weighted by Crippen LogP contribution is -2.03. The molecule has 0 atom stereocenters. The fourth-order valence-electron chi connectivity index (χ4n) is 2.57. The van der Waals surface area contributed by atoms with Crippen molar-refractivity contribution >= 4 is 16.9 Å². The van der Waals surface area contributed by atoms with Gasteiger partial charge >= 0.3 is 0 Å². The Morgan fingerprint density at radius 3 is 2.76 bits per heavy atom. The molecule has 2 aromatic heterocycles. The topological polar surface area (TPSA) is 75.7 Å². The van der Waals surface area contributed by atoms with Gasteiger partial charge in [-0.15, -0.1) is 0 Å². The van der Waals surface area contributed by atoms with Gasteiger partial charge in [-0.3, -0.25) is 5.10 Å². The van der Waals surface area contributed by atoms with E-state index in [4.69, 9.17) is 4.74 Å². The van der Waals surface area contributed by atoms with E-state index in [1.54, 1.807) is 6.20 Å². The maximum atomic E-state index is 6.03. The van der Waals surface area contributed by atoms with Gasteiger partial charge in [0.05, 0.1) is 11.6 Å². The summed E-state index contributed by atoms with van der Waals surface area (Å²) in [5.41, 5.74) is 2.95. The van der Waals surface area contributed by atoms with Crippen LogP contribution in [0.5, 0.6) is 11.5 Å². The van der Waals surface area contributed by atoms with Crippen molar-refractivity contribution in [2.24, 2.45) is 0 Å². The first-order valence-electron chi connectivity index (χ1n) is 8.00. The molecule has 2 heterocycles. The Kier molecular flexibility index (Phi) is 4.00. The van der Waals surface area contributed by atoms with E-state index in [9.17, 15) is 0 Å². The van der Waals surface area contributed by atoms with Gasteiger partial charge in [0.15, 0.2) is 5.65 Å². The first kappa shape index (κ1) is 15.1. The number of H-pyrrole nitrogens is 1. The van der Waals surface area contributed by atoms with Crippen molar-refractivity contribution in [2.45, 2.75) is 13.5 Å². The third-order valence-electron chi connectivity index (χ3n) is 3.92. The maximum absolute atomic E-state index is 6.03. The van der Waals surface area contributed by atoms with Gasteiger partial charge in [0, 0.05) is 12.1 Å². The minimum Gasteiger partial charge on any atom is -0.457 e. The van der Waals surface area contributed by atoms with Gasteiger partial charge in [-0.1, -0.05) is 35.9 Å². The number of hydrogen-bond donors (Lipinski definition) is 2. The van der Waals surface area contributed by atoms with Crippen LogP contribution in [-0.2, 0) is 6.54 Å². The summed E-state index contributed by atoms with van der Waals surface area (Å²) in [6.45, 7) is 2.64. The lowest BCUT2D eigenvalue weighted by atomic mass is 10.2. The van der Waals surface area contributed by atoms with E-state index >= 15 is 0 Å². The Labute approximate surface area is 144 Å². The maximum Gasteiger partial charge on any atom is 0.160 e. The van der Waals surface area contributed by atoms with E-state index < -0.39 is 0 Å². The number of anilines is 1. The van der Waals surface area contributed by atoms with E-state index in [1.807, 2.05) is 48.5 Å². The number of ether oxygens (including phenoxy) is 1. The third-order valence-corrected chi connectivity index (χ3v) is 3.92. The normalized spacial score (nSPS) is 10.8. The van der Waals surface area contributed by atoms with Crippen LogP contribution in [0.3, 0.4) is 0 Å². The van der Waals surface area contributed by atoms with Crippen molar-refractivity contribution in [3.05, 3.63) is 72.2 Å². The smallest absolute Gasteiger partial charge is 0.160 e. The quantitative estimate of drug-likeness (QED) is 0.576. The average molecular weight is 331 g/mol. The summed E-state index contributed by atoms with van der Waals surface area (Å²) >= 11 is 0. The van der Waals surface area contributed by atoms with Gasteiger partial charge in [-0.25, -0.2) is 9.97 Å². The molecule has 0 spiro atoms. The molecule has 0 saturated carbocycles. The number of fused-ring (bicyclic) bond motifs is 1. The van der Waals surface area contributed by atoms with Crippen LogP contribution in [0.1, 0.15) is 11.1 Å². The van der Waals surface area contributed by atoms with Crippen molar-refractivity contribution in [1.82, 2.24) is 20.2 Å². The number of nitrogens with one attached hydrogen (secondary N) is 2. The number of rotatable bonds is 5. The minimum absolute atomic E-state index is 0.583. The highest BCUT2D eigenvalue weighted by atomic mass is 16.5. The van der Waals surface area contributed by atoms with Crippen LogP contribution in [0.4, 0.5) is 5.82 Å². The second-order valence-electron chi connectivity index (χ2n) is 5.73. The Morgan fingerprint density at radius 1 is 1.04 bits per heavy atom. The highest BCUT2D eigenvalue weighted by Crippen LogP contribution is 2.26. The monoisotopic (exact) mass is 331 g/mol. The number of aromatic amines is 1. The second kappa shape index (κ2) is 6.60. The summed E-state index contributed by atoms with van der Waals surface area (Å²) in [5.74, 6) is 2.37. The van der Waals surface area contributed by atoms with Crippen molar-refractivity contribution < 1.29 is 4.74 Å². The van der Waals surface area contributed by atoms with Crippen LogP contribution in [-0.4, -0.2) is 20.2 Å². The molecule has 4 rings (SSSR count). The SMILES string of the molecule is Cc1ccc(Oc2ccccc2CNc2ncnc3[nH]ncc23)cc1. The van der Waals surface area contributed by atoms with E-state index in [0.29, 0.717) is 12.2 Å². The zero-order valence-corrected chi connectivity index (χ0v) is 13.7. The summed E-state index contributed by atoms with van der Waals surface area (Å²) < 4.78 is 6.03. The van der Waals surface area contributed by atoms with Crippen LogP contribution in [0.25, 0.3) is 11.0 Å². The molecule has 25 heavy (non-hydrogen) atoms. The Balaban J connectivity index is 1.55. The van der Waals surface area contributed by atoms with Gasteiger partial charge in [0.2, 0.25) is 0 Å². The van der Waals surface area contributed by atoms with Gasteiger partial charge in [0.1, 0.15) is 23.6 Å². The molecular formula is C19H17N5O. The summed E-state index contributed by atoms with van der Waals surface area (Å²) in [4.78, 5) is 8.44. The summed E-state index contributed by atoms with van der Waals surface area (Å²) in [7, 11) is 0. The molecule has 2 aromatic carbocycles. The third kappa shape index (κ3) is 3.28. The summed E-state index contributed by atoms with van der Waals surface area (Å²) in [5, 5.41) is 11.0. The molecule has 6 nitrogen and oxygen atoms in total. The zero-order valence-electron chi connectivity index (χ0n) is 13.7. The van der Waals surface area contributed by atoms with Crippen molar-refractivity contribution in [3.8, 4) is 11.5 Å². The van der Waals surface area contributed by atoms with Crippen LogP contribution >= 0.6 is 0 Å². The van der Waals surface area contributed by atoms with Crippen molar-refractivity contribution in [1.29, 1.82) is 0 Å².